The van der Waals surface area contributed by atoms with Crippen LogP contribution >= 0.6 is 27.3 Å². The van der Waals surface area contributed by atoms with Gasteiger partial charge in [0, 0.05) is 26.8 Å². The number of rotatable bonds is 5. The molecular weight excluding hydrogens is 308 g/mol. The van der Waals surface area contributed by atoms with Gasteiger partial charge in [0.05, 0.1) is 11.7 Å². The molecule has 0 saturated heterocycles. The Hall–Kier alpha value is -0.710. The number of nitrogens with zero attached hydrogens (tertiary/aromatic N) is 1. The lowest BCUT2D eigenvalue weighted by molar-refractivity contribution is 0.580. The van der Waals surface area contributed by atoms with E-state index in [4.69, 9.17) is 0 Å². The van der Waals surface area contributed by atoms with Crippen LogP contribution in [0.3, 0.4) is 0 Å². The number of halogens is 1. The van der Waals surface area contributed by atoms with Crippen LogP contribution in [0.15, 0.2) is 34.9 Å². The van der Waals surface area contributed by atoms with E-state index in [1.54, 1.807) is 0 Å². The number of aryl methyl sites for hydroxylation is 1. The lowest BCUT2D eigenvalue weighted by Gasteiger charge is -2.14. The number of pyridine rings is 1. The van der Waals surface area contributed by atoms with E-state index in [0.29, 0.717) is 0 Å². The summed E-state index contributed by atoms with van der Waals surface area (Å²) < 4.78 is 1.02. The van der Waals surface area contributed by atoms with E-state index >= 15 is 0 Å². The Morgan fingerprint density at radius 3 is 2.61 bits per heavy atom. The SMILES string of the molecule is CCc1ccc(CC(NC)c2ccc(Br)cn2)s1. The molecule has 2 heterocycles. The summed E-state index contributed by atoms with van der Waals surface area (Å²) in [7, 11) is 1.99. The second kappa shape index (κ2) is 6.45. The van der Waals surface area contributed by atoms with Crippen LogP contribution < -0.4 is 5.32 Å². The van der Waals surface area contributed by atoms with Gasteiger partial charge in [0.1, 0.15) is 0 Å². The van der Waals surface area contributed by atoms with Crippen molar-refractivity contribution in [1.29, 1.82) is 0 Å². The first-order chi connectivity index (χ1) is 8.72. The molecule has 0 fully saturated rings. The number of hydrogen-bond acceptors (Lipinski definition) is 3. The largest absolute Gasteiger partial charge is 0.311 e. The fourth-order valence-electron chi connectivity index (χ4n) is 1.87. The van der Waals surface area contributed by atoms with Crippen LogP contribution in [0, 0.1) is 0 Å². The summed E-state index contributed by atoms with van der Waals surface area (Å²) in [6.45, 7) is 2.20. The quantitative estimate of drug-likeness (QED) is 0.900. The molecule has 0 radical (unpaired) electrons. The molecule has 96 valence electrons. The van der Waals surface area contributed by atoms with Gasteiger partial charge in [0.2, 0.25) is 0 Å². The molecule has 18 heavy (non-hydrogen) atoms. The average molecular weight is 325 g/mol. The van der Waals surface area contributed by atoms with Gasteiger partial charge in [-0.25, -0.2) is 0 Å². The van der Waals surface area contributed by atoms with Crippen LogP contribution in [0.2, 0.25) is 0 Å². The van der Waals surface area contributed by atoms with Crippen molar-refractivity contribution >= 4 is 27.3 Å². The zero-order valence-corrected chi connectivity index (χ0v) is 13.0. The first kappa shape index (κ1) is 13.7. The van der Waals surface area contributed by atoms with E-state index in [2.05, 4.69) is 51.4 Å². The highest BCUT2D eigenvalue weighted by Gasteiger charge is 2.12. The van der Waals surface area contributed by atoms with Crippen molar-refractivity contribution < 1.29 is 0 Å². The highest BCUT2D eigenvalue weighted by atomic mass is 79.9. The Balaban J connectivity index is 2.11. The molecule has 0 spiro atoms. The lowest BCUT2D eigenvalue weighted by Crippen LogP contribution is -2.19. The zero-order valence-electron chi connectivity index (χ0n) is 10.6. The van der Waals surface area contributed by atoms with Crippen LogP contribution in [-0.4, -0.2) is 12.0 Å². The maximum Gasteiger partial charge on any atom is 0.0577 e. The first-order valence-electron chi connectivity index (χ1n) is 6.09. The minimum Gasteiger partial charge on any atom is -0.311 e. The van der Waals surface area contributed by atoms with E-state index in [9.17, 15) is 0 Å². The van der Waals surface area contributed by atoms with E-state index in [0.717, 1.165) is 23.0 Å². The second-order valence-electron chi connectivity index (χ2n) is 4.17. The molecule has 0 aliphatic rings. The third-order valence-electron chi connectivity index (χ3n) is 2.93. The molecule has 0 aliphatic carbocycles. The Kier molecular flexibility index (Phi) is 4.92. The smallest absolute Gasteiger partial charge is 0.0577 e. The number of aromatic nitrogens is 1. The van der Waals surface area contributed by atoms with Crippen molar-refractivity contribution in [3.63, 3.8) is 0 Å². The van der Waals surface area contributed by atoms with Gasteiger partial charge in [-0.05, 0) is 53.7 Å². The monoisotopic (exact) mass is 324 g/mol. The van der Waals surface area contributed by atoms with Gasteiger partial charge in [-0.15, -0.1) is 11.3 Å². The van der Waals surface area contributed by atoms with Crippen LogP contribution in [0.1, 0.15) is 28.4 Å². The first-order valence-corrected chi connectivity index (χ1v) is 7.70. The molecule has 2 aromatic rings. The fraction of sp³-hybridized carbons (Fsp3) is 0.357. The zero-order chi connectivity index (χ0) is 13.0. The summed E-state index contributed by atoms with van der Waals surface area (Å²) >= 11 is 5.31. The van der Waals surface area contributed by atoms with Gasteiger partial charge in [0.15, 0.2) is 0 Å². The Morgan fingerprint density at radius 2 is 2.06 bits per heavy atom. The topological polar surface area (TPSA) is 24.9 Å². The van der Waals surface area contributed by atoms with Crippen LogP contribution in [0.4, 0.5) is 0 Å². The van der Waals surface area contributed by atoms with E-state index in [1.165, 1.54) is 9.75 Å². The standard InChI is InChI=1S/C14H17BrN2S/c1-3-11-5-6-12(18-11)8-14(16-2)13-7-4-10(15)9-17-13/h4-7,9,14,16H,3,8H2,1-2H3. The van der Waals surface area contributed by atoms with Gasteiger partial charge < -0.3 is 5.32 Å². The highest BCUT2D eigenvalue weighted by Crippen LogP contribution is 2.23. The molecule has 1 atom stereocenters. The molecule has 0 aromatic carbocycles. The highest BCUT2D eigenvalue weighted by molar-refractivity contribution is 9.10. The molecule has 0 amide bonds. The fourth-order valence-corrected chi connectivity index (χ4v) is 3.11. The summed E-state index contributed by atoms with van der Waals surface area (Å²) in [4.78, 5) is 7.33. The van der Waals surface area contributed by atoms with Gasteiger partial charge in [-0.3, -0.25) is 4.98 Å². The molecule has 2 nitrogen and oxygen atoms in total. The van der Waals surface area contributed by atoms with Crippen molar-refractivity contribution in [2.75, 3.05) is 7.05 Å². The summed E-state index contributed by atoms with van der Waals surface area (Å²) in [6, 6.07) is 8.84. The minimum absolute atomic E-state index is 0.279. The maximum absolute atomic E-state index is 4.47. The molecule has 2 rings (SSSR count). The van der Waals surface area contributed by atoms with Crippen molar-refractivity contribution in [2.45, 2.75) is 25.8 Å². The molecule has 1 N–H and O–H groups in total. The van der Waals surface area contributed by atoms with Gasteiger partial charge in [-0.1, -0.05) is 6.92 Å². The molecule has 0 aliphatic heterocycles. The Morgan fingerprint density at radius 1 is 1.28 bits per heavy atom. The van der Waals surface area contributed by atoms with Gasteiger partial charge in [-0.2, -0.15) is 0 Å². The summed E-state index contributed by atoms with van der Waals surface area (Å²) in [6.07, 6.45) is 3.97. The molecular formula is C14H17BrN2S. The predicted octanol–water partition coefficient (Wildman–Crippen LogP) is 3.97. The van der Waals surface area contributed by atoms with Crippen molar-refractivity contribution in [1.82, 2.24) is 10.3 Å². The van der Waals surface area contributed by atoms with Crippen LogP contribution in [0.5, 0.6) is 0 Å². The number of nitrogens with one attached hydrogen (secondary N) is 1. The van der Waals surface area contributed by atoms with Crippen molar-refractivity contribution in [3.8, 4) is 0 Å². The summed E-state index contributed by atoms with van der Waals surface area (Å²) in [5, 5.41) is 3.34. The molecule has 4 heteroatoms. The third kappa shape index (κ3) is 3.40. The molecule has 0 bridgehead atoms. The Labute approximate surface area is 121 Å². The van der Waals surface area contributed by atoms with E-state index in [-0.39, 0.29) is 6.04 Å². The van der Waals surface area contributed by atoms with E-state index in [1.807, 2.05) is 30.6 Å². The number of likely N-dealkylation sites (N-methyl/N-ethyl adjacent to an activating group) is 1. The molecule has 2 aromatic heterocycles. The van der Waals surface area contributed by atoms with Gasteiger partial charge in [0.25, 0.3) is 0 Å². The predicted molar refractivity (Wildman–Crippen MR) is 81.1 cm³/mol. The second-order valence-corrected chi connectivity index (χ2v) is 6.34. The van der Waals surface area contributed by atoms with Crippen LogP contribution in [0.25, 0.3) is 0 Å². The maximum atomic E-state index is 4.47. The van der Waals surface area contributed by atoms with Crippen molar-refractivity contribution in [3.05, 3.63) is 50.4 Å². The lowest BCUT2D eigenvalue weighted by atomic mass is 10.1. The summed E-state index contributed by atoms with van der Waals surface area (Å²) in [5.41, 5.74) is 1.09. The molecule has 1 unspecified atom stereocenters. The summed E-state index contributed by atoms with van der Waals surface area (Å²) in [5.74, 6) is 0. The van der Waals surface area contributed by atoms with E-state index < -0.39 is 0 Å². The van der Waals surface area contributed by atoms with Crippen LogP contribution in [-0.2, 0) is 12.8 Å². The molecule has 0 saturated carbocycles. The van der Waals surface area contributed by atoms with Crippen molar-refractivity contribution in [2.24, 2.45) is 0 Å². The number of hydrogen-bond donors (Lipinski definition) is 1. The minimum atomic E-state index is 0.279. The normalized spacial score (nSPS) is 12.6. The Bertz CT molecular complexity index is 493. The third-order valence-corrected chi connectivity index (χ3v) is 4.65. The average Bonchev–Trinajstić information content (AvgIpc) is 2.85. The van der Waals surface area contributed by atoms with Gasteiger partial charge >= 0.3 is 0 Å². The number of thiophene rings is 1.